The molecular weight excluding hydrogens is 220 g/mol. The number of hydrogen-bond acceptors (Lipinski definition) is 1. The summed E-state index contributed by atoms with van der Waals surface area (Å²) in [5.74, 6) is 0.616. The molecular formula is C14H19ClO. The van der Waals surface area contributed by atoms with E-state index in [4.69, 9.17) is 16.3 Å². The van der Waals surface area contributed by atoms with Gasteiger partial charge in [0.25, 0.3) is 0 Å². The van der Waals surface area contributed by atoms with E-state index in [0.29, 0.717) is 5.88 Å². The standard InChI is InChI=1S/C14H19ClO/c15-11-7-2-1-3-8-12-16-13-14-9-5-4-6-10-14/h2,4-7,9-10H,1,3,8,11-13H2/b7-2+. The first-order valence-corrected chi connectivity index (χ1v) is 6.29. The summed E-state index contributed by atoms with van der Waals surface area (Å²) in [6.07, 6.45) is 7.50. The maximum atomic E-state index is 5.58. The molecule has 16 heavy (non-hydrogen) atoms. The van der Waals surface area contributed by atoms with E-state index in [9.17, 15) is 0 Å². The van der Waals surface area contributed by atoms with Crippen molar-refractivity contribution in [1.29, 1.82) is 0 Å². The van der Waals surface area contributed by atoms with Crippen LogP contribution in [0.1, 0.15) is 24.8 Å². The Bertz CT molecular complexity index is 282. The van der Waals surface area contributed by atoms with Gasteiger partial charge in [-0.15, -0.1) is 11.6 Å². The van der Waals surface area contributed by atoms with E-state index in [-0.39, 0.29) is 0 Å². The van der Waals surface area contributed by atoms with Gasteiger partial charge in [0, 0.05) is 12.5 Å². The molecule has 0 aromatic heterocycles. The summed E-state index contributed by atoms with van der Waals surface area (Å²) in [6.45, 7) is 1.56. The highest BCUT2D eigenvalue weighted by molar-refractivity contribution is 6.18. The molecule has 0 aliphatic rings. The van der Waals surface area contributed by atoms with Crippen LogP contribution in [0.3, 0.4) is 0 Å². The van der Waals surface area contributed by atoms with Gasteiger partial charge in [0.1, 0.15) is 0 Å². The molecule has 0 fully saturated rings. The minimum Gasteiger partial charge on any atom is -0.377 e. The Morgan fingerprint density at radius 3 is 2.62 bits per heavy atom. The van der Waals surface area contributed by atoms with Crippen molar-refractivity contribution in [3.8, 4) is 0 Å². The smallest absolute Gasteiger partial charge is 0.0716 e. The molecule has 0 spiro atoms. The number of unbranched alkanes of at least 4 members (excludes halogenated alkanes) is 2. The molecule has 1 aromatic carbocycles. The Labute approximate surface area is 103 Å². The van der Waals surface area contributed by atoms with E-state index in [1.54, 1.807) is 0 Å². The van der Waals surface area contributed by atoms with Crippen LogP contribution in [0.2, 0.25) is 0 Å². The van der Waals surface area contributed by atoms with Crippen LogP contribution in [-0.4, -0.2) is 12.5 Å². The summed E-state index contributed by atoms with van der Waals surface area (Å²) in [5.41, 5.74) is 1.24. The molecule has 0 aliphatic carbocycles. The van der Waals surface area contributed by atoms with Gasteiger partial charge in [-0.2, -0.15) is 0 Å². The SMILES string of the molecule is ClC/C=C/CCCCOCc1ccccc1. The van der Waals surface area contributed by atoms with E-state index in [2.05, 4.69) is 18.2 Å². The molecule has 0 amide bonds. The topological polar surface area (TPSA) is 9.23 Å². The Balaban J connectivity index is 1.94. The third-order valence-electron chi connectivity index (χ3n) is 2.28. The number of benzene rings is 1. The third kappa shape index (κ3) is 6.65. The van der Waals surface area contributed by atoms with Gasteiger partial charge in [0.2, 0.25) is 0 Å². The van der Waals surface area contributed by atoms with Crippen molar-refractivity contribution in [3.05, 3.63) is 48.0 Å². The molecule has 88 valence electrons. The number of ether oxygens (including phenoxy) is 1. The fourth-order valence-corrected chi connectivity index (χ4v) is 1.54. The predicted molar refractivity (Wildman–Crippen MR) is 69.8 cm³/mol. The molecule has 0 N–H and O–H groups in total. The van der Waals surface area contributed by atoms with Crippen molar-refractivity contribution in [2.45, 2.75) is 25.9 Å². The van der Waals surface area contributed by atoms with E-state index >= 15 is 0 Å². The highest BCUT2D eigenvalue weighted by atomic mass is 35.5. The van der Waals surface area contributed by atoms with Gasteiger partial charge in [-0.1, -0.05) is 42.5 Å². The molecule has 2 heteroatoms. The number of halogens is 1. The quantitative estimate of drug-likeness (QED) is 0.375. The van der Waals surface area contributed by atoms with Gasteiger partial charge >= 0.3 is 0 Å². The first kappa shape index (κ1) is 13.3. The molecule has 0 radical (unpaired) electrons. The molecule has 0 unspecified atom stereocenters. The lowest BCUT2D eigenvalue weighted by Gasteiger charge is -2.03. The van der Waals surface area contributed by atoms with E-state index in [0.717, 1.165) is 26.1 Å². The second kappa shape index (κ2) is 9.44. The minimum atomic E-state index is 0.616. The molecule has 0 saturated heterocycles. The van der Waals surface area contributed by atoms with Gasteiger partial charge in [-0.25, -0.2) is 0 Å². The van der Waals surface area contributed by atoms with Crippen molar-refractivity contribution in [2.24, 2.45) is 0 Å². The van der Waals surface area contributed by atoms with Gasteiger partial charge in [0.05, 0.1) is 6.61 Å². The van der Waals surface area contributed by atoms with Crippen LogP contribution in [0.4, 0.5) is 0 Å². The van der Waals surface area contributed by atoms with Gasteiger partial charge in [-0.3, -0.25) is 0 Å². The van der Waals surface area contributed by atoms with E-state index in [1.807, 2.05) is 24.3 Å². The zero-order chi connectivity index (χ0) is 11.5. The van der Waals surface area contributed by atoms with Crippen LogP contribution in [0.15, 0.2) is 42.5 Å². The molecule has 0 aliphatic heterocycles. The molecule has 0 saturated carbocycles. The first-order chi connectivity index (χ1) is 7.93. The summed E-state index contributed by atoms with van der Waals surface area (Å²) in [7, 11) is 0. The molecule has 0 atom stereocenters. The normalized spacial score (nSPS) is 11.1. The molecule has 1 nitrogen and oxygen atoms in total. The average Bonchev–Trinajstić information content (AvgIpc) is 2.34. The van der Waals surface area contributed by atoms with E-state index < -0.39 is 0 Å². The monoisotopic (exact) mass is 238 g/mol. The second-order valence-electron chi connectivity index (χ2n) is 3.66. The van der Waals surface area contributed by atoms with Gasteiger partial charge < -0.3 is 4.74 Å². The van der Waals surface area contributed by atoms with Crippen molar-refractivity contribution in [2.75, 3.05) is 12.5 Å². The van der Waals surface area contributed by atoms with Crippen molar-refractivity contribution in [1.82, 2.24) is 0 Å². The minimum absolute atomic E-state index is 0.616. The Morgan fingerprint density at radius 1 is 1.06 bits per heavy atom. The lowest BCUT2D eigenvalue weighted by Crippen LogP contribution is -1.95. The summed E-state index contributed by atoms with van der Waals surface area (Å²) >= 11 is 5.52. The van der Waals surface area contributed by atoms with Crippen molar-refractivity contribution < 1.29 is 4.74 Å². The maximum Gasteiger partial charge on any atom is 0.0716 e. The van der Waals surface area contributed by atoms with Crippen LogP contribution in [0, 0.1) is 0 Å². The summed E-state index contributed by atoms with van der Waals surface area (Å²) in [5, 5.41) is 0. The van der Waals surface area contributed by atoms with Crippen LogP contribution >= 0.6 is 11.6 Å². The number of allylic oxidation sites excluding steroid dienone is 2. The van der Waals surface area contributed by atoms with E-state index in [1.165, 1.54) is 12.0 Å². The van der Waals surface area contributed by atoms with Crippen molar-refractivity contribution >= 4 is 11.6 Å². The first-order valence-electron chi connectivity index (χ1n) is 5.76. The fraction of sp³-hybridized carbons (Fsp3) is 0.429. The van der Waals surface area contributed by atoms with Gasteiger partial charge in [0.15, 0.2) is 0 Å². The van der Waals surface area contributed by atoms with Crippen LogP contribution < -0.4 is 0 Å². The Hall–Kier alpha value is -0.790. The third-order valence-corrected chi connectivity index (χ3v) is 2.45. The maximum absolute atomic E-state index is 5.58. The van der Waals surface area contributed by atoms with Crippen LogP contribution in [-0.2, 0) is 11.3 Å². The highest BCUT2D eigenvalue weighted by Crippen LogP contribution is 2.02. The highest BCUT2D eigenvalue weighted by Gasteiger charge is 1.91. The molecule has 1 aromatic rings. The summed E-state index contributed by atoms with van der Waals surface area (Å²) in [4.78, 5) is 0. The van der Waals surface area contributed by atoms with Crippen LogP contribution in [0.25, 0.3) is 0 Å². The van der Waals surface area contributed by atoms with Crippen LogP contribution in [0.5, 0.6) is 0 Å². The largest absolute Gasteiger partial charge is 0.377 e. The Kier molecular flexibility index (Phi) is 7.83. The second-order valence-corrected chi connectivity index (χ2v) is 3.97. The number of alkyl halides is 1. The Morgan fingerprint density at radius 2 is 1.88 bits per heavy atom. The molecule has 0 bridgehead atoms. The molecule has 1 rings (SSSR count). The summed E-state index contributed by atoms with van der Waals surface area (Å²) < 4.78 is 5.58. The number of rotatable bonds is 8. The van der Waals surface area contributed by atoms with Crippen molar-refractivity contribution in [3.63, 3.8) is 0 Å². The lowest BCUT2D eigenvalue weighted by atomic mass is 10.2. The predicted octanol–water partition coefficient (Wildman–Crippen LogP) is 4.17. The lowest BCUT2D eigenvalue weighted by molar-refractivity contribution is 0.117. The summed E-state index contributed by atoms with van der Waals surface area (Å²) in [6, 6.07) is 10.3. The fourth-order valence-electron chi connectivity index (χ4n) is 1.41. The molecule has 0 heterocycles. The zero-order valence-corrected chi connectivity index (χ0v) is 10.3. The average molecular weight is 239 g/mol. The zero-order valence-electron chi connectivity index (χ0n) is 9.57. The number of hydrogen-bond donors (Lipinski definition) is 0. The van der Waals surface area contributed by atoms with Gasteiger partial charge in [-0.05, 0) is 24.8 Å².